The number of aromatic nitrogens is 4. The lowest BCUT2D eigenvalue weighted by Gasteiger charge is -2.20. The third-order valence-corrected chi connectivity index (χ3v) is 13.4. The number of benzene rings is 6. The van der Waals surface area contributed by atoms with Crippen molar-refractivity contribution in [3.8, 4) is 50.5 Å². The van der Waals surface area contributed by atoms with Crippen molar-refractivity contribution in [1.82, 2.24) is 19.1 Å². The summed E-state index contributed by atoms with van der Waals surface area (Å²) >= 11 is 0. The SMILES string of the molecule is COc1cnc2c(c1)-c1cc(-n3c4ccccc4c4cc(-c5ccc6c(c5)c5ccccc5n6-c5ccc6c(c5)-c5cc(C)cnc5C6(C)C)ccc43)ccc1C2(C)C. The molecule has 0 bridgehead atoms. The Morgan fingerprint density at radius 2 is 0.932 bits per heavy atom. The van der Waals surface area contributed by atoms with Crippen molar-refractivity contribution in [2.24, 2.45) is 0 Å². The van der Waals surface area contributed by atoms with Crippen molar-refractivity contribution in [2.75, 3.05) is 7.11 Å². The minimum atomic E-state index is -0.194. The van der Waals surface area contributed by atoms with Crippen LogP contribution in [-0.4, -0.2) is 26.2 Å². The molecular weight excluding hydrogens is 721 g/mol. The summed E-state index contributed by atoms with van der Waals surface area (Å²) in [6.07, 6.45) is 3.83. The average Bonchev–Trinajstić information content (AvgIpc) is 3.91. The first-order valence-corrected chi connectivity index (χ1v) is 20.5. The topological polar surface area (TPSA) is 44.9 Å². The van der Waals surface area contributed by atoms with Crippen LogP contribution in [0.15, 0.2) is 146 Å². The number of pyridine rings is 2. The molecule has 4 aromatic heterocycles. The highest BCUT2D eigenvalue weighted by Gasteiger charge is 2.38. The number of para-hydroxylation sites is 2. The van der Waals surface area contributed by atoms with E-state index < -0.39 is 0 Å². The van der Waals surface area contributed by atoms with Gasteiger partial charge < -0.3 is 13.9 Å². The number of fused-ring (bicyclic) bond motifs is 12. The van der Waals surface area contributed by atoms with Crippen LogP contribution in [-0.2, 0) is 10.8 Å². The van der Waals surface area contributed by atoms with Crippen LogP contribution in [0.5, 0.6) is 5.75 Å². The molecule has 5 heteroatoms. The predicted molar refractivity (Wildman–Crippen MR) is 243 cm³/mol. The van der Waals surface area contributed by atoms with Crippen molar-refractivity contribution >= 4 is 43.6 Å². The molecule has 0 saturated carbocycles. The third-order valence-electron chi connectivity index (χ3n) is 13.4. The summed E-state index contributed by atoms with van der Waals surface area (Å²) in [7, 11) is 1.71. The number of rotatable bonds is 4. The smallest absolute Gasteiger partial charge is 0.137 e. The zero-order chi connectivity index (χ0) is 39.9. The Morgan fingerprint density at radius 3 is 1.46 bits per heavy atom. The molecule has 2 aliphatic carbocycles. The molecule has 0 atom stereocenters. The van der Waals surface area contributed by atoms with E-state index >= 15 is 0 Å². The van der Waals surface area contributed by atoms with E-state index in [9.17, 15) is 0 Å². The lowest BCUT2D eigenvalue weighted by molar-refractivity contribution is 0.412. The van der Waals surface area contributed by atoms with Gasteiger partial charge >= 0.3 is 0 Å². The lowest BCUT2D eigenvalue weighted by Crippen LogP contribution is -2.16. The molecule has 284 valence electrons. The van der Waals surface area contributed by atoms with E-state index in [2.05, 4.69) is 177 Å². The Hall–Kier alpha value is -6.98. The highest BCUT2D eigenvalue weighted by Crippen LogP contribution is 2.51. The van der Waals surface area contributed by atoms with E-state index in [1.807, 2.05) is 12.4 Å². The normalized spacial score (nSPS) is 14.5. The van der Waals surface area contributed by atoms with E-state index in [4.69, 9.17) is 14.7 Å². The van der Waals surface area contributed by atoms with E-state index in [1.165, 1.54) is 88.1 Å². The van der Waals surface area contributed by atoms with Crippen LogP contribution in [0.1, 0.15) is 55.8 Å². The number of aryl methyl sites for hydroxylation is 1. The minimum absolute atomic E-state index is 0.142. The second-order valence-corrected chi connectivity index (χ2v) is 17.6. The van der Waals surface area contributed by atoms with E-state index in [0.29, 0.717) is 0 Å². The number of methoxy groups -OCH3 is 1. The van der Waals surface area contributed by atoms with Crippen LogP contribution in [0, 0.1) is 6.92 Å². The molecule has 4 heterocycles. The van der Waals surface area contributed by atoms with Gasteiger partial charge in [0.1, 0.15) is 5.75 Å². The molecule has 2 aliphatic rings. The van der Waals surface area contributed by atoms with Gasteiger partial charge in [-0.05, 0) is 119 Å². The van der Waals surface area contributed by atoms with Gasteiger partial charge in [0, 0.05) is 61.1 Å². The van der Waals surface area contributed by atoms with Crippen molar-refractivity contribution in [3.63, 3.8) is 0 Å². The highest BCUT2D eigenvalue weighted by molar-refractivity contribution is 6.13. The zero-order valence-electron chi connectivity index (χ0n) is 34.1. The maximum atomic E-state index is 5.62. The van der Waals surface area contributed by atoms with Gasteiger partial charge in [0.2, 0.25) is 0 Å². The van der Waals surface area contributed by atoms with Crippen LogP contribution in [0.4, 0.5) is 0 Å². The minimum Gasteiger partial charge on any atom is -0.495 e. The molecule has 0 aliphatic heterocycles. The lowest BCUT2D eigenvalue weighted by atomic mass is 9.85. The van der Waals surface area contributed by atoms with Crippen molar-refractivity contribution < 1.29 is 4.74 Å². The van der Waals surface area contributed by atoms with Gasteiger partial charge in [-0.1, -0.05) is 88.4 Å². The summed E-state index contributed by atoms with van der Waals surface area (Å²) in [4.78, 5) is 9.80. The Kier molecular flexibility index (Phi) is 6.82. The number of nitrogens with zero attached hydrogens (tertiary/aromatic N) is 4. The summed E-state index contributed by atoms with van der Waals surface area (Å²) < 4.78 is 10.5. The summed E-state index contributed by atoms with van der Waals surface area (Å²) in [5, 5.41) is 4.95. The molecule has 0 amide bonds. The van der Waals surface area contributed by atoms with Crippen molar-refractivity contribution in [1.29, 1.82) is 0 Å². The quantitative estimate of drug-likeness (QED) is 0.179. The van der Waals surface area contributed by atoms with E-state index in [1.54, 1.807) is 7.11 Å². The average molecular weight is 763 g/mol. The Morgan fingerprint density at radius 1 is 0.458 bits per heavy atom. The van der Waals surface area contributed by atoms with Gasteiger partial charge in [-0.2, -0.15) is 0 Å². The molecule has 0 saturated heterocycles. The summed E-state index contributed by atoms with van der Waals surface area (Å²) in [6, 6.07) is 49.9. The first-order chi connectivity index (χ1) is 28.6. The summed E-state index contributed by atoms with van der Waals surface area (Å²) in [5.74, 6) is 0.774. The van der Waals surface area contributed by atoms with Gasteiger partial charge in [0.15, 0.2) is 0 Å². The largest absolute Gasteiger partial charge is 0.495 e. The Balaban J connectivity index is 0.999. The van der Waals surface area contributed by atoms with Crippen molar-refractivity contribution in [3.05, 3.63) is 174 Å². The van der Waals surface area contributed by atoms with Crippen LogP contribution in [0.3, 0.4) is 0 Å². The fraction of sp³-hybridized carbons (Fsp3) is 0.148. The van der Waals surface area contributed by atoms with Crippen LogP contribution in [0.2, 0.25) is 0 Å². The van der Waals surface area contributed by atoms with Crippen molar-refractivity contribution in [2.45, 2.75) is 45.4 Å². The fourth-order valence-corrected chi connectivity index (χ4v) is 10.5. The predicted octanol–water partition coefficient (Wildman–Crippen LogP) is 13.3. The molecule has 59 heavy (non-hydrogen) atoms. The molecule has 0 radical (unpaired) electrons. The first kappa shape index (κ1) is 34.1. The second-order valence-electron chi connectivity index (χ2n) is 17.6. The third kappa shape index (κ3) is 4.61. The van der Waals surface area contributed by atoms with Gasteiger partial charge in [-0.3, -0.25) is 9.97 Å². The second kappa shape index (κ2) is 11.8. The van der Waals surface area contributed by atoms with E-state index in [0.717, 1.165) is 34.1 Å². The van der Waals surface area contributed by atoms with Gasteiger partial charge in [0.05, 0.1) is 46.8 Å². The van der Waals surface area contributed by atoms with Crippen LogP contribution in [0.25, 0.3) is 88.4 Å². The molecular formula is C54H42N4O. The van der Waals surface area contributed by atoms with Gasteiger partial charge in [-0.25, -0.2) is 0 Å². The Bertz CT molecular complexity index is 3450. The maximum Gasteiger partial charge on any atom is 0.137 e. The van der Waals surface area contributed by atoms with Crippen LogP contribution >= 0.6 is 0 Å². The fourth-order valence-electron chi connectivity index (χ4n) is 10.5. The molecule has 10 aromatic rings. The van der Waals surface area contributed by atoms with Gasteiger partial charge in [-0.15, -0.1) is 0 Å². The highest BCUT2D eigenvalue weighted by atomic mass is 16.5. The summed E-state index contributed by atoms with van der Waals surface area (Å²) in [6.45, 7) is 11.2. The molecule has 0 fully saturated rings. The molecule has 0 N–H and O–H groups in total. The molecule has 0 spiro atoms. The molecule has 6 aromatic carbocycles. The monoisotopic (exact) mass is 762 g/mol. The zero-order valence-corrected chi connectivity index (χ0v) is 34.1. The van der Waals surface area contributed by atoms with Crippen LogP contribution < -0.4 is 4.74 Å². The number of ether oxygens (including phenoxy) is 1. The number of hydrogen-bond acceptors (Lipinski definition) is 3. The maximum absolute atomic E-state index is 5.62. The van der Waals surface area contributed by atoms with E-state index in [-0.39, 0.29) is 10.8 Å². The molecule has 0 unspecified atom stereocenters. The Labute approximate surface area is 343 Å². The van der Waals surface area contributed by atoms with Gasteiger partial charge in [0.25, 0.3) is 0 Å². The standard InChI is InChI=1S/C54H42N4O/c1-31-23-43-39-26-34(17-19-45(39)53(2,3)51(43)55-29-31)57-47-13-9-7-11-37(47)41-24-32(15-21-49(41)57)33-16-22-50-42(25-33)38-12-8-10-14-48(38)58(50)35-18-20-46-40(27-35)44-28-36(59-6)30-56-52(44)54(46,4)5/h7-30H,1-6H3. The number of hydrogen-bond donors (Lipinski definition) is 0. The first-order valence-electron chi connectivity index (χ1n) is 20.5. The molecule has 12 rings (SSSR count). The summed E-state index contributed by atoms with van der Waals surface area (Å²) in [5.41, 5.74) is 20.0. The molecule has 5 nitrogen and oxygen atoms in total.